The number of hydrogen-bond donors (Lipinski definition) is 2. The van der Waals surface area contributed by atoms with Crippen LogP contribution in [0.4, 0.5) is 17.1 Å². The Labute approximate surface area is 154 Å². The molecular formula is C17H20N3O5S-. The maximum atomic E-state index is 11.9. The van der Waals surface area contributed by atoms with Gasteiger partial charge in [0.15, 0.2) is 11.5 Å². The van der Waals surface area contributed by atoms with E-state index in [0.717, 1.165) is 5.69 Å². The molecule has 0 saturated heterocycles. The zero-order valence-corrected chi connectivity index (χ0v) is 15.5. The summed E-state index contributed by atoms with van der Waals surface area (Å²) in [5.41, 5.74) is 7.25. The molecule has 0 spiro atoms. The predicted molar refractivity (Wildman–Crippen MR) is 99.7 cm³/mol. The summed E-state index contributed by atoms with van der Waals surface area (Å²) in [6.45, 7) is 2.45. The number of primary amides is 1. The lowest BCUT2D eigenvalue weighted by Crippen LogP contribution is -2.22. The van der Waals surface area contributed by atoms with Crippen molar-refractivity contribution in [3.8, 4) is 11.5 Å². The van der Waals surface area contributed by atoms with Crippen LogP contribution in [-0.4, -0.2) is 35.4 Å². The number of hydrogen-bond acceptors (Lipinski definition) is 6. The summed E-state index contributed by atoms with van der Waals surface area (Å²) in [7, 11) is 3.09. The third-order valence-electron chi connectivity index (χ3n) is 3.75. The molecule has 0 aliphatic heterocycles. The molecule has 0 radical (unpaired) electrons. The Bertz CT molecular complexity index is 828. The van der Waals surface area contributed by atoms with E-state index in [-0.39, 0.29) is 11.3 Å². The highest BCUT2D eigenvalue weighted by Gasteiger charge is 2.18. The Morgan fingerprint density at radius 3 is 2.42 bits per heavy atom. The van der Waals surface area contributed by atoms with Crippen LogP contribution < -0.4 is 24.8 Å². The smallest absolute Gasteiger partial charge is 0.250 e. The number of benzene rings is 2. The summed E-state index contributed by atoms with van der Waals surface area (Å²) in [5, 5.41) is 0. The van der Waals surface area contributed by atoms with Crippen molar-refractivity contribution in [1.29, 1.82) is 0 Å². The van der Waals surface area contributed by atoms with E-state index in [4.69, 9.17) is 15.2 Å². The minimum atomic E-state index is -2.50. The zero-order valence-electron chi connectivity index (χ0n) is 14.6. The molecule has 3 N–H and O–H groups in total. The van der Waals surface area contributed by atoms with Crippen LogP contribution in [0.2, 0.25) is 0 Å². The Morgan fingerprint density at radius 1 is 1.19 bits per heavy atom. The normalized spacial score (nSPS) is 11.5. The van der Waals surface area contributed by atoms with Crippen molar-refractivity contribution in [2.45, 2.75) is 6.92 Å². The van der Waals surface area contributed by atoms with Crippen LogP contribution in [-0.2, 0) is 11.3 Å². The molecule has 0 saturated carbocycles. The van der Waals surface area contributed by atoms with Crippen LogP contribution in [0, 0.1) is 0 Å². The quantitative estimate of drug-likeness (QED) is 0.680. The molecule has 0 fully saturated rings. The number of carbonyl (C=O) groups excluding carboxylic acids is 1. The van der Waals surface area contributed by atoms with Gasteiger partial charge in [0.25, 0.3) is 5.91 Å². The van der Waals surface area contributed by atoms with E-state index in [2.05, 4.69) is 4.72 Å². The van der Waals surface area contributed by atoms with Crippen LogP contribution in [0.25, 0.3) is 0 Å². The third-order valence-corrected chi connectivity index (χ3v) is 4.15. The number of carbonyl (C=O) groups is 1. The Balaban J connectivity index is 2.52. The van der Waals surface area contributed by atoms with Gasteiger partial charge in [-0.25, -0.2) is 0 Å². The van der Waals surface area contributed by atoms with Crippen molar-refractivity contribution in [3.63, 3.8) is 0 Å². The van der Waals surface area contributed by atoms with Crippen molar-refractivity contribution < 1.29 is 23.0 Å². The highest BCUT2D eigenvalue weighted by Crippen LogP contribution is 2.36. The second-order valence-electron chi connectivity index (χ2n) is 5.22. The number of anilines is 3. The molecule has 2 rings (SSSR count). The zero-order chi connectivity index (χ0) is 19.3. The van der Waals surface area contributed by atoms with Gasteiger partial charge in [0, 0.05) is 35.3 Å². The molecule has 1 amide bonds. The van der Waals surface area contributed by atoms with Crippen LogP contribution in [0.15, 0.2) is 36.4 Å². The molecule has 0 aliphatic rings. The SMILES string of the molecule is CCN(c1ccc(OC)c(OC)c1)c1ccc(NS(=O)[O-])cc1C(N)=O. The van der Waals surface area contributed by atoms with Gasteiger partial charge < -0.3 is 29.4 Å². The molecule has 0 aromatic heterocycles. The van der Waals surface area contributed by atoms with Crippen LogP contribution >= 0.6 is 0 Å². The van der Waals surface area contributed by atoms with Crippen molar-refractivity contribution in [1.82, 2.24) is 0 Å². The first-order chi connectivity index (χ1) is 12.4. The van der Waals surface area contributed by atoms with Crippen molar-refractivity contribution in [3.05, 3.63) is 42.0 Å². The number of ether oxygens (including phenoxy) is 2. The van der Waals surface area contributed by atoms with Crippen molar-refractivity contribution in [2.75, 3.05) is 30.4 Å². The Morgan fingerprint density at radius 2 is 1.88 bits per heavy atom. The number of rotatable bonds is 8. The second-order valence-corrected chi connectivity index (χ2v) is 5.89. The van der Waals surface area contributed by atoms with Crippen LogP contribution in [0.3, 0.4) is 0 Å². The largest absolute Gasteiger partial charge is 0.755 e. The molecule has 140 valence electrons. The predicted octanol–water partition coefficient (Wildman–Crippen LogP) is 2.17. The standard InChI is InChI=1S/C17H21N3O5S/c1-4-20(12-6-8-15(24-2)16(10-12)25-3)14-7-5-11(19-26(22)23)9-13(14)17(18)21/h5-10,19H,4H2,1-3H3,(H2,18,21)(H,22,23)/p-1. The van der Waals surface area contributed by atoms with Gasteiger partial charge in [0.2, 0.25) is 0 Å². The van der Waals surface area contributed by atoms with Gasteiger partial charge in [-0.05, 0) is 37.3 Å². The fourth-order valence-corrected chi connectivity index (χ4v) is 2.93. The molecule has 0 aliphatic carbocycles. The maximum absolute atomic E-state index is 11.9. The van der Waals surface area contributed by atoms with Gasteiger partial charge in [-0.15, -0.1) is 0 Å². The molecule has 2 aromatic rings. The Kier molecular flexibility index (Phi) is 6.42. The molecule has 8 nitrogen and oxygen atoms in total. The summed E-state index contributed by atoms with van der Waals surface area (Å²) < 4.78 is 34.4. The van der Waals surface area contributed by atoms with Crippen molar-refractivity contribution in [2.24, 2.45) is 5.73 Å². The minimum Gasteiger partial charge on any atom is -0.755 e. The van der Waals surface area contributed by atoms with Gasteiger partial charge in [-0.1, -0.05) is 0 Å². The lowest BCUT2D eigenvalue weighted by molar-refractivity contribution is 0.100. The lowest BCUT2D eigenvalue weighted by Gasteiger charge is -2.26. The van der Waals surface area contributed by atoms with E-state index in [0.29, 0.717) is 23.7 Å². The summed E-state index contributed by atoms with van der Waals surface area (Å²) in [6, 6.07) is 9.96. The van der Waals surface area contributed by atoms with E-state index < -0.39 is 17.2 Å². The average molecular weight is 378 g/mol. The van der Waals surface area contributed by atoms with E-state index >= 15 is 0 Å². The number of amides is 1. The van der Waals surface area contributed by atoms with Gasteiger partial charge in [-0.3, -0.25) is 9.00 Å². The van der Waals surface area contributed by atoms with E-state index in [1.54, 1.807) is 31.4 Å². The topological polar surface area (TPSA) is 117 Å². The van der Waals surface area contributed by atoms with Gasteiger partial charge >= 0.3 is 0 Å². The first kappa shape index (κ1) is 19.5. The number of nitrogens with one attached hydrogen (secondary N) is 1. The Hall–Kier alpha value is -2.78. The minimum absolute atomic E-state index is 0.192. The molecule has 0 bridgehead atoms. The first-order valence-electron chi connectivity index (χ1n) is 7.70. The fourth-order valence-electron chi connectivity index (χ4n) is 2.61. The maximum Gasteiger partial charge on any atom is 0.250 e. The molecular weight excluding hydrogens is 358 g/mol. The summed E-state index contributed by atoms with van der Waals surface area (Å²) in [6.07, 6.45) is 0. The van der Waals surface area contributed by atoms with Crippen LogP contribution in [0.5, 0.6) is 11.5 Å². The summed E-state index contributed by atoms with van der Waals surface area (Å²) >= 11 is -2.50. The number of nitrogens with zero attached hydrogens (tertiary/aromatic N) is 1. The van der Waals surface area contributed by atoms with E-state index in [1.807, 2.05) is 17.9 Å². The molecule has 26 heavy (non-hydrogen) atoms. The van der Waals surface area contributed by atoms with Gasteiger partial charge in [0.05, 0.1) is 25.5 Å². The van der Waals surface area contributed by atoms with Gasteiger partial charge in [-0.2, -0.15) is 0 Å². The van der Waals surface area contributed by atoms with Crippen LogP contribution in [0.1, 0.15) is 17.3 Å². The van der Waals surface area contributed by atoms with Crippen molar-refractivity contribution >= 4 is 34.2 Å². The summed E-state index contributed by atoms with van der Waals surface area (Å²) in [5.74, 6) is 0.461. The highest BCUT2D eigenvalue weighted by atomic mass is 32.2. The van der Waals surface area contributed by atoms with E-state index in [1.165, 1.54) is 13.2 Å². The fraction of sp³-hybridized carbons (Fsp3) is 0.235. The highest BCUT2D eigenvalue weighted by molar-refractivity contribution is 7.80. The molecule has 0 heterocycles. The monoisotopic (exact) mass is 378 g/mol. The molecule has 1 unspecified atom stereocenters. The second kappa shape index (κ2) is 8.54. The number of nitrogens with two attached hydrogens (primary N) is 1. The first-order valence-corrected chi connectivity index (χ1v) is 8.78. The molecule has 9 heteroatoms. The number of methoxy groups -OCH3 is 2. The molecule has 2 aromatic carbocycles. The van der Waals surface area contributed by atoms with E-state index in [9.17, 15) is 13.6 Å². The molecule has 1 atom stereocenters. The lowest BCUT2D eigenvalue weighted by atomic mass is 10.1. The van der Waals surface area contributed by atoms with Gasteiger partial charge in [0.1, 0.15) is 0 Å². The summed E-state index contributed by atoms with van der Waals surface area (Å²) in [4.78, 5) is 13.8. The third kappa shape index (κ3) is 4.24. The average Bonchev–Trinajstić information content (AvgIpc) is 2.62.